The summed E-state index contributed by atoms with van der Waals surface area (Å²) in [4.78, 5) is 19.2. The van der Waals surface area contributed by atoms with Gasteiger partial charge in [0.1, 0.15) is 0 Å². The van der Waals surface area contributed by atoms with Crippen LogP contribution in [0, 0.1) is 12.8 Å². The van der Waals surface area contributed by atoms with Gasteiger partial charge in [-0.3, -0.25) is 9.69 Å². The summed E-state index contributed by atoms with van der Waals surface area (Å²) in [5.41, 5.74) is 2.45. The van der Waals surface area contributed by atoms with Crippen molar-refractivity contribution in [3.05, 3.63) is 47.1 Å². The molecule has 2 atom stereocenters. The lowest BCUT2D eigenvalue weighted by Crippen LogP contribution is -2.45. The summed E-state index contributed by atoms with van der Waals surface area (Å²) >= 11 is 0. The molecule has 0 spiro atoms. The van der Waals surface area contributed by atoms with Crippen molar-refractivity contribution in [1.82, 2.24) is 25.7 Å². The second-order valence-corrected chi connectivity index (χ2v) is 8.35. The molecular formula is C22H31N5O2. The van der Waals surface area contributed by atoms with Crippen molar-refractivity contribution < 1.29 is 9.32 Å². The van der Waals surface area contributed by atoms with Crippen molar-refractivity contribution in [2.45, 2.75) is 51.6 Å². The maximum Gasteiger partial charge on any atom is 0.237 e. The molecule has 2 saturated heterocycles. The van der Waals surface area contributed by atoms with Crippen LogP contribution in [0.1, 0.15) is 48.5 Å². The fourth-order valence-electron chi connectivity index (χ4n) is 4.34. The molecule has 1 aromatic heterocycles. The van der Waals surface area contributed by atoms with Crippen LogP contribution in [0.15, 0.2) is 28.8 Å². The third kappa shape index (κ3) is 5.42. The Hall–Kier alpha value is -2.25. The molecule has 2 fully saturated rings. The third-order valence-electron chi connectivity index (χ3n) is 6.02. The maximum absolute atomic E-state index is 12.2. The number of nitrogens with zero attached hydrogens (tertiary/aromatic N) is 3. The molecule has 2 aromatic rings. The highest BCUT2D eigenvalue weighted by Crippen LogP contribution is 2.18. The Kier molecular flexibility index (Phi) is 6.56. The molecular weight excluding hydrogens is 366 g/mol. The number of hydrogen-bond acceptors (Lipinski definition) is 6. The van der Waals surface area contributed by atoms with Crippen LogP contribution in [0.3, 0.4) is 0 Å². The summed E-state index contributed by atoms with van der Waals surface area (Å²) in [7, 11) is 0. The van der Waals surface area contributed by atoms with Gasteiger partial charge in [-0.1, -0.05) is 29.4 Å². The van der Waals surface area contributed by atoms with Gasteiger partial charge in [0, 0.05) is 13.1 Å². The van der Waals surface area contributed by atoms with Gasteiger partial charge in [0.2, 0.25) is 11.8 Å². The first-order valence-corrected chi connectivity index (χ1v) is 10.8. The number of benzene rings is 1. The number of nitrogens with one attached hydrogen (secondary N) is 2. The molecule has 4 rings (SSSR count). The van der Waals surface area contributed by atoms with E-state index in [1.807, 2.05) is 12.1 Å². The highest BCUT2D eigenvalue weighted by Gasteiger charge is 2.25. The number of aryl methyl sites for hydroxylation is 1. The summed E-state index contributed by atoms with van der Waals surface area (Å²) in [5.74, 6) is 2.04. The average Bonchev–Trinajstić information content (AvgIpc) is 3.41. The first-order chi connectivity index (χ1) is 14.2. The van der Waals surface area contributed by atoms with Gasteiger partial charge in [-0.05, 0) is 62.7 Å². The lowest BCUT2D eigenvalue weighted by atomic mass is 9.98. The molecule has 0 aliphatic carbocycles. The number of piperidine rings is 1. The Labute approximate surface area is 172 Å². The molecule has 7 heteroatoms. The van der Waals surface area contributed by atoms with Crippen LogP contribution in [0.2, 0.25) is 0 Å². The second-order valence-electron chi connectivity index (χ2n) is 8.35. The Bertz CT molecular complexity index is 815. The first-order valence-electron chi connectivity index (χ1n) is 10.8. The van der Waals surface area contributed by atoms with Crippen molar-refractivity contribution in [2.24, 2.45) is 5.92 Å². The average molecular weight is 398 g/mol. The topological polar surface area (TPSA) is 83.3 Å². The number of rotatable bonds is 7. The Morgan fingerprint density at radius 3 is 3.03 bits per heavy atom. The minimum absolute atomic E-state index is 0.000645. The van der Waals surface area contributed by atoms with Gasteiger partial charge in [0.15, 0.2) is 5.82 Å². The fraction of sp³-hybridized carbons (Fsp3) is 0.591. The molecule has 2 N–H and O–H groups in total. The van der Waals surface area contributed by atoms with Crippen LogP contribution in [0.5, 0.6) is 0 Å². The zero-order valence-electron chi connectivity index (χ0n) is 17.2. The monoisotopic (exact) mass is 397 g/mol. The van der Waals surface area contributed by atoms with Gasteiger partial charge in [-0.2, -0.15) is 4.98 Å². The minimum Gasteiger partial charge on any atom is -0.354 e. The predicted octanol–water partition coefficient (Wildman–Crippen LogP) is 2.05. The van der Waals surface area contributed by atoms with Crippen molar-refractivity contribution in [1.29, 1.82) is 0 Å². The Morgan fingerprint density at radius 1 is 1.31 bits per heavy atom. The van der Waals surface area contributed by atoms with Crippen LogP contribution in [0.4, 0.5) is 0 Å². The number of aromatic nitrogens is 2. The summed E-state index contributed by atoms with van der Waals surface area (Å²) in [6.45, 7) is 6.49. The van der Waals surface area contributed by atoms with Gasteiger partial charge in [-0.25, -0.2) is 0 Å². The Balaban J connectivity index is 1.25. The van der Waals surface area contributed by atoms with E-state index in [0.717, 1.165) is 57.7 Å². The van der Waals surface area contributed by atoms with E-state index in [-0.39, 0.29) is 11.9 Å². The summed E-state index contributed by atoms with van der Waals surface area (Å²) in [5, 5.41) is 10.6. The van der Waals surface area contributed by atoms with Crippen LogP contribution in [-0.2, 0) is 17.8 Å². The third-order valence-corrected chi connectivity index (χ3v) is 6.02. The van der Waals surface area contributed by atoms with Gasteiger partial charge in [0.25, 0.3) is 0 Å². The Morgan fingerprint density at radius 2 is 2.21 bits per heavy atom. The van der Waals surface area contributed by atoms with Gasteiger partial charge in [-0.15, -0.1) is 0 Å². The van der Waals surface area contributed by atoms with Crippen molar-refractivity contribution in [2.75, 3.05) is 26.2 Å². The zero-order chi connectivity index (χ0) is 20.1. The molecule has 156 valence electrons. The largest absolute Gasteiger partial charge is 0.354 e. The van der Waals surface area contributed by atoms with Crippen LogP contribution >= 0.6 is 0 Å². The van der Waals surface area contributed by atoms with E-state index in [2.05, 4.69) is 44.7 Å². The van der Waals surface area contributed by atoms with Crippen LogP contribution in [-0.4, -0.2) is 53.2 Å². The maximum atomic E-state index is 12.2. The van der Waals surface area contributed by atoms with Crippen LogP contribution < -0.4 is 10.6 Å². The molecule has 0 bridgehead atoms. The van der Waals surface area contributed by atoms with E-state index >= 15 is 0 Å². The smallest absolute Gasteiger partial charge is 0.237 e. The van der Waals surface area contributed by atoms with Crippen molar-refractivity contribution >= 4 is 5.91 Å². The first kappa shape index (κ1) is 20.0. The number of carbonyl (C=O) groups excluding carboxylic acids is 1. The van der Waals surface area contributed by atoms with Crippen LogP contribution in [0.25, 0.3) is 0 Å². The number of carbonyl (C=O) groups is 1. The molecule has 3 heterocycles. The van der Waals surface area contributed by atoms with E-state index in [1.54, 1.807) is 0 Å². The molecule has 2 unspecified atom stereocenters. The summed E-state index contributed by atoms with van der Waals surface area (Å²) < 4.78 is 5.48. The van der Waals surface area contributed by atoms with E-state index in [4.69, 9.17) is 4.52 Å². The number of likely N-dealkylation sites (tertiary alicyclic amines) is 1. The molecule has 1 aromatic carbocycles. The van der Waals surface area contributed by atoms with E-state index in [9.17, 15) is 4.79 Å². The van der Waals surface area contributed by atoms with E-state index < -0.39 is 0 Å². The lowest BCUT2D eigenvalue weighted by molar-refractivity contribution is -0.123. The fourth-order valence-corrected chi connectivity index (χ4v) is 4.34. The zero-order valence-corrected chi connectivity index (χ0v) is 17.2. The van der Waals surface area contributed by atoms with Gasteiger partial charge >= 0.3 is 0 Å². The molecule has 0 radical (unpaired) electrons. The van der Waals surface area contributed by atoms with E-state index in [1.165, 1.54) is 11.1 Å². The van der Waals surface area contributed by atoms with Gasteiger partial charge < -0.3 is 15.2 Å². The summed E-state index contributed by atoms with van der Waals surface area (Å²) in [6, 6.07) is 8.28. The predicted molar refractivity (Wildman–Crippen MR) is 110 cm³/mol. The van der Waals surface area contributed by atoms with Crippen molar-refractivity contribution in [3.8, 4) is 0 Å². The standard InChI is InChI=1S/C22H31N5O2/c1-16-6-2-3-8-18(16)12-21-25-20(26-29-21)15-27-11-5-7-17(14-27)13-24-22(28)19-9-4-10-23-19/h2-3,6,8,17,19,23H,4-5,7,9-15H2,1H3,(H,24,28). The lowest BCUT2D eigenvalue weighted by Gasteiger charge is -2.32. The number of hydrogen-bond donors (Lipinski definition) is 2. The molecule has 2 aliphatic rings. The molecule has 2 aliphatic heterocycles. The SMILES string of the molecule is Cc1ccccc1Cc1nc(CN2CCCC(CNC(=O)C3CCCN3)C2)no1. The minimum atomic E-state index is 0.000645. The summed E-state index contributed by atoms with van der Waals surface area (Å²) in [6.07, 6.45) is 5.00. The normalized spacial score (nSPS) is 22.7. The molecule has 1 amide bonds. The highest BCUT2D eigenvalue weighted by molar-refractivity contribution is 5.81. The molecule has 0 saturated carbocycles. The van der Waals surface area contributed by atoms with Crippen molar-refractivity contribution in [3.63, 3.8) is 0 Å². The second kappa shape index (κ2) is 9.50. The van der Waals surface area contributed by atoms with Gasteiger partial charge in [0.05, 0.1) is 19.0 Å². The molecule has 29 heavy (non-hydrogen) atoms. The number of amides is 1. The highest BCUT2D eigenvalue weighted by atomic mass is 16.5. The molecule has 7 nitrogen and oxygen atoms in total. The quantitative estimate of drug-likeness (QED) is 0.744. The van der Waals surface area contributed by atoms with E-state index in [0.29, 0.717) is 24.8 Å².